The van der Waals surface area contributed by atoms with Gasteiger partial charge >= 0.3 is 0 Å². The van der Waals surface area contributed by atoms with Gasteiger partial charge in [-0.15, -0.1) is 0 Å². The van der Waals surface area contributed by atoms with E-state index in [2.05, 4.69) is 44.9 Å². The Labute approximate surface area is 74.7 Å². The van der Waals surface area contributed by atoms with Gasteiger partial charge in [-0.25, -0.2) is 0 Å². The average Bonchev–Trinajstić information content (AvgIpc) is 2.33. The third-order valence-electron chi connectivity index (χ3n) is 2.11. The Kier molecular flexibility index (Phi) is 1.77. The van der Waals surface area contributed by atoms with Crippen LogP contribution in [-0.4, -0.2) is 10.6 Å². The van der Waals surface area contributed by atoms with Crippen molar-refractivity contribution in [3.05, 3.63) is 22.4 Å². The lowest BCUT2D eigenvalue weighted by molar-refractivity contribution is 0.413. The van der Waals surface area contributed by atoms with E-state index in [1.165, 1.54) is 10.3 Å². The average molecular weight is 215 g/mol. The van der Waals surface area contributed by atoms with Crippen LogP contribution >= 0.6 is 15.9 Å². The molecular formula is C8H11BrN2. The fourth-order valence-electron chi connectivity index (χ4n) is 1.46. The van der Waals surface area contributed by atoms with Gasteiger partial charge in [-0.1, -0.05) is 0 Å². The molecule has 3 heteroatoms. The normalized spacial score (nSPS) is 23.3. The number of hydrogen-bond acceptors (Lipinski definition) is 1. The minimum atomic E-state index is 0.589. The Balaban J connectivity index is 2.37. The van der Waals surface area contributed by atoms with Crippen LogP contribution < -0.4 is 5.32 Å². The zero-order valence-electron chi connectivity index (χ0n) is 6.47. The lowest BCUT2D eigenvalue weighted by atomic mass is 10.2. The summed E-state index contributed by atoms with van der Waals surface area (Å²) in [4.78, 5) is 0. The van der Waals surface area contributed by atoms with E-state index in [1.807, 2.05) is 0 Å². The Bertz CT molecular complexity index is 267. The van der Waals surface area contributed by atoms with Gasteiger partial charge in [-0.3, -0.25) is 0 Å². The summed E-state index contributed by atoms with van der Waals surface area (Å²) in [6.45, 7) is 4.27. The van der Waals surface area contributed by atoms with Crippen molar-refractivity contribution in [1.82, 2.24) is 9.88 Å². The Morgan fingerprint density at radius 2 is 2.45 bits per heavy atom. The van der Waals surface area contributed by atoms with Gasteiger partial charge < -0.3 is 9.88 Å². The molecule has 0 fully saturated rings. The fraction of sp³-hybridized carbons (Fsp3) is 0.500. The molecule has 2 nitrogen and oxygen atoms in total. The van der Waals surface area contributed by atoms with Crippen molar-refractivity contribution in [3.8, 4) is 0 Å². The van der Waals surface area contributed by atoms with E-state index in [1.54, 1.807) is 0 Å². The summed E-state index contributed by atoms with van der Waals surface area (Å²) in [7, 11) is 0. The molecule has 60 valence electrons. The first-order valence-corrected chi connectivity index (χ1v) is 4.64. The summed E-state index contributed by atoms with van der Waals surface area (Å²) in [6.07, 6.45) is 0. The van der Waals surface area contributed by atoms with Crippen LogP contribution in [0.2, 0.25) is 0 Å². The lowest BCUT2D eigenvalue weighted by Gasteiger charge is -2.23. The first-order chi connectivity index (χ1) is 5.27. The minimum absolute atomic E-state index is 0.589. The van der Waals surface area contributed by atoms with E-state index < -0.39 is 0 Å². The van der Waals surface area contributed by atoms with Crippen LogP contribution in [0.3, 0.4) is 0 Å². The van der Waals surface area contributed by atoms with Crippen LogP contribution in [0.15, 0.2) is 16.7 Å². The molecule has 0 spiro atoms. The van der Waals surface area contributed by atoms with Gasteiger partial charge in [0.2, 0.25) is 0 Å². The summed E-state index contributed by atoms with van der Waals surface area (Å²) >= 11 is 3.51. The Hall–Kier alpha value is -0.280. The summed E-state index contributed by atoms with van der Waals surface area (Å²) in [5.74, 6) is 0. The van der Waals surface area contributed by atoms with Crippen molar-refractivity contribution in [2.75, 3.05) is 0 Å². The Morgan fingerprint density at radius 3 is 3.27 bits per heavy atom. The minimum Gasteiger partial charge on any atom is -0.337 e. The highest BCUT2D eigenvalue weighted by atomic mass is 79.9. The zero-order valence-corrected chi connectivity index (χ0v) is 8.06. The second-order valence-corrected chi connectivity index (χ2v) is 3.85. The maximum Gasteiger partial charge on any atom is 0.0849 e. The van der Waals surface area contributed by atoms with E-state index in [0.717, 1.165) is 13.1 Å². The third-order valence-corrected chi connectivity index (χ3v) is 2.80. The number of fused-ring (bicyclic) bond motifs is 1. The topological polar surface area (TPSA) is 17.0 Å². The van der Waals surface area contributed by atoms with Gasteiger partial charge in [0, 0.05) is 24.8 Å². The number of rotatable bonds is 0. The largest absolute Gasteiger partial charge is 0.337 e. The van der Waals surface area contributed by atoms with E-state index in [-0.39, 0.29) is 0 Å². The summed E-state index contributed by atoms with van der Waals surface area (Å²) in [6, 6.07) is 4.85. The van der Waals surface area contributed by atoms with Crippen molar-refractivity contribution in [2.24, 2.45) is 0 Å². The molecule has 0 radical (unpaired) electrons. The summed E-state index contributed by atoms with van der Waals surface area (Å²) in [5, 5.41) is 3.41. The van der Waals surface area contributed by atoms with Crippen LogP contribution in [0.1, 0.15) is 12.6 Å². The quantitative estimate of drug-likeness (QED) is 0.697. The molecular weight excluding hydrogens is 204 g/mol. The van der Waals surface area contributed by atoms with Gasteiger partial charge in [0.05, 0.1) is 4.60 Å². The smallest absolute Gasteiger partial charge is 0.0849 e. The van der Waals surface area contributed by atoms with E-state index >= 15 is 0 Å². The number of hydrogen-bond donors (Lipinski definition) is 1. The molecule has 1 aromatic rings. The van der Waals surface area contributed by atoms with Crippen LogP contribution in [0.25, 0.3) is 0 Å². The van der Waals surface area contributed by atoms with Crippen molar-refractivity contribution < 1.29 is 0 Å². The second kappa shape index (κ2) is 2.64. The van der Waals surface area contributed by atoms with Crippen LogP contribution in [-0.2, 0) is 13.1 Å². The molecule has 0 aromatic carbocycles. The molecule has 2 heterocycles. The van der Waals surface area contributed by atoms with Gasteiger partial charge in [0.25, 0.3) is 0 Å². The van der Waals surface area contributed by atoms with Crippen molar-refractivity contribution >= 4 is 15.9 Å². The van der Waals surface area contributed by atoms with Crippen molar-refractivity contribution in [3.63, 3.8) is 0 Å². The monoisotopic (exact) mass is 214 g/mol. The highest BCUT2D eigenvalue weighted by molar-refractivity contribution is 9.10. The fourth-order valence-corrected chi connectivity index (χ4v) is 1.96. The number of nitrogens with one attached hydrogen (secondary N) is 1. The van der Waals surface area contributed by atoms with Crippen LogP contribution in [0, 0.1) is 0 Å². The summed E-state index contributed by atoms with van der Waals surface area (Å²) < 4.78 is 3.50. The molecule has 1 atom stereocenters. The number of nitrogens with zero attached hydrogens (tertiary/aromatic N) is 1. The maximum atomic E-state index is 3.51. The molecule has 1 aliphatic rings. The van der Waals surface area contributed by atoms with Crippen LogP contribution in [0.5, 0.6) is 0 Å². The molecule has 0 saturated heterocycles. The summed E-state index contributed by atoms with van der Waals surface area (Å²) in [5.41, 5.74) is 1.37. The maximum absolute atomic E-state index is 3.51. The predicted molar refractivity (Wildman–Crippen MR) is 48.4 cm³/mol. The zero-order chi connectivity index (χ0) is 7.84. The van der Waals surface area contributed by atoms with E-state index in [0.29, 0.717) is 6.04 Å². The second-order valence-electron chi connectivity index (χ2n) is 3.04. The van der Waals surface area contributed by atoms with E-state index in [4.69, 9.17) is 0 Å². The molecule has 11 heavy (non-hydrogen) atoms. The SMILES string of the molecule is CC1Cn2c(Br)ccc2CN1. The highest BCUT2D eigenvalue weighted by Crippen LogP contribution is 2.18. The van der Waals surface area contributed by atoms with Gasteiger partial charge in [0.15, 0.2) is 0 Å². The molecule has 0 amide bonds. The predicted octanol–water partition coefficient (Wildman–Crippen LogP) is 1.74. The van der Waals surface area contributed by atoms with Crippen molar-refractivity contribution in [2.45, 2.75) is 26.1 Å². The standard InChI is InChI=1S/C8H11BrN2/c1-6-5-11-7(4-10-6)2-3-8(11)9/h2-3,6,10H,4-5H2,1H3. The van der Waals surface area contributed by atoms with E-state index in [9.17, 15) is 0 Å². The highest BCUT2D eigenvalue weighted by Gasteiger charge is 2.14. The molecule has 2 rings (SSSR count). The lowest BCUT2D eigenvalue weighted by Crippen LogP contribution is -2.36. The Morgan fingerprint density at radius 1 is 1.64 bits per heavy atom. The third kappa shape index (κ3) is 1.23. The van der Waals surface area contributed by atoms with Crippen molar-refractivity contribution in [1.29, 1.82) is 0 Å². The molecule has 1 aromatic heterocycles. The van der Waals surface area contributed by atoms with Crippen LogP contribution in [0.4, 0.5) is 0 Å². The molecule has 1 aliphatic heterocycles. The first kappa shape index (κ1) is 7.37. The number of aromatic nitrogens is 1. The van der Waals surface area contributed by atoms with Gasteiger partial charge in [-0.2, -0.15) is 0 Å². The first-order valence-electron chi connectivity index (χ1n) is 3.84. The van der Waals surface area contributed by atoms with Gasteiger partial charge in [-0.05, 0) is 35.0 Å². The van der Waals surface area contributed by atoms with Gasteiger partial charge in [0.1, 0.15) is 0 Å². The molecule has 1 unspecified atom stereocenters. The molecule has 0 aliphatic carbocycles. The molecule has 1 N–H and O–H groups in total. The number of halogens is 1. The molecule has 0 saturated carbocycles. The molecule has 0 bridgehead atoms.